The molecule has 8 nitrogen and oxygen atoms in total. The Morgan fingerprint density at radius 2 is 1.90 bits per heavy atom. The molecule has 0 atom stereocenters. The molecular formula is C21H27N7O. The average Bonchev–Trinajstić information content (AvgIpc) is 3.19. The van der Waals surface area contributed by atoms with E-state index in [1.807, 2.05) is 13.0 Å². The van der Waals surface area contributed by atoms with E-state index in [0.717, 1.165) is 66.9 Å². The third kappa shape index (κ3) is 3.30. The lowest BCUT2D eigenvalue weighted by molar-refractivity contribution is 0.300. The Hall–Kier alpha value is -2.77. The third-order valence-electron chi connectivity index (χ3n) is 6.52. The van der Waals surface area contributed by atoms with Crippen LogP contribution in [0.2, 0.25) is 0 Å². The summed E-state index contributed by atoms with van der Waals surface area (Å²) in [5, 5.41) is 12.8. The van der Waals surface area contributed by atoms with Gasteiger partial charge in [-0.15, -0.1) is 0 Å². The summed E-state index contributed by atoms with van der Waals surface area (Å²) in [5.41, 5.74) is 4.41. The number of nitrogens with one attached hydrogen (secondary N) is 1. The first-order chi connectivity index (χ1) is 14.1. The molecule has 0 bridgehead atoms. The van der Waals surface area contributed by atoms with E-state index in [4.69, 9.17) is 5.10 Å². The lowest BCUT2D eigenvalue weighted by Crippen LogP contribution is -2.35. The smallest absolute Gasteiger partial charge is 0.267 e. The number of nitrogens with zero attached hydrogens (tertiary/aromatic N) is 6. The molecule has 3 aromatic heterocycles. The second-order valence-corrected chi connectivity index (χ2v) is 8.40. The molecule has 1 fully saturated rings. The zero-order valence-electron chi connectivity index (χ0n) is 17.1. The number of hydrogen-bond donors (Lipinski definition) is 1. The molecule has 0 spiro atoms. The lowest BCUT2D eigenvalue weighted by atomic mass is 9.90. The zero-order valence-corrected chi connectivity index (χ0v) is 17.1. The van der Waals surface area contributed by atoms with Gasteiger partial charge < -0.3 is 5.32 Å². The first-order valence-corrected chi connectivity index (χ1v) is 10.7. The molecule has 8 heteroatoms. The van der Waals surface area contributed by atoms with Crippen LogP contribution in [0.5, 0.6) is 0 Å². The molecule has 3 heterocycles. The van der Waals surface area contributed by atoms with E-state index in [1.165, 1.54) is 19.2 Å². The largest absolute Gasteiger partial charge is 0.367 e. The highest BCUT2D eigenvalue weighted by atomic mass is 16.1. The van der Waals surface area contributed by atoms with Gasteiger partial charge in [-0.25, -0.2) is 9.67 Å². The molecular weight excluding hydrogens is 366 g/mol. The van der Waals surface area contributed by atoms with Crippen LogP contribution >= 0.6 is 0 Å². The molecule has 3 aromatic rings. The van der Waals surface area contributed by atoms with Gasteiger partial charge in [0.1, 0.15) is 12.1 Å². The second kappa shape index (κ2) is 7.24. The van der Waals surface area contributed by atoms with Gasteiger partial charge in [-0.2, -0.15) is 19.7 Å². The number of rotatable bonds is 3. The van der Waals surface area contributed by atoms with E-state index < -0.39 is 0 Å². The van der Waals surface area contributed by atoms with Crippen molar-refractivity contribution in [3.63, 3.8) is 0 Å². The minimum absolute atomic E-state index is 0.0620. The summed E-state index contributed by atoms with van der Waals surface area (Å²) in [6.07, 6.45) is 9.77. The van der Waals surface area contributed by atoms with Crippen molar-refractivity contribution in [3.8, 4) is 0 Å². The fraction of sp³-hybridized carbons (Fsp3) is 0.571. The van der Waals surface area contributed by atoms with E-state index in [2.05, 4.69) is 27.3 Å². The summed E-state index contributed by atoms with van der Waals surface area (Å²) >= 11 is 0. The van der Waals surface area contributed by atoms with Crippen LogP contribution < -0.4 is 10.9 Å². The molecule has 0 amide bonds. The number of hydrogen-bond acceptors (Lipinski definition) is 6. The van der Waals surface area contributed by atoms with Crippen LogP contribution in [0.4, 0.5) is 5.82 Å². The van der Waals surface area contributed by atoms with E-state index in [0.29, 0.717) is 11.8 Å². The summed E-state index contributed by atoms with van der Waals surface area (Å²) in [6.45, 7) is 4.06. The maximum atomic E-state index is 12.6. The minimum atomic E-state index is 0.0620. The van der Waals surface area contributed by atoms with Crippen molar-refractivity contribution < 1.29 is 0 Å². The predicted molar refractivity (Wildman–Crippen MR) is 110 cm³/mol. The Labute approximate surface area is 169 Å². The first-order valence-electron chi connectivity index (χ1n) is 10.7. The summed E-state index contributed by atoms with van der Waals surface area (Å²) in [7, 11) is 0. The van der Waals surface area contributed by atoms with E-state index >= 15 is 0 Å². The van der Waals surface area contributed by atoms with Gasteiger partial charge >= 0.3 is 0 Å². The fourth-order valence-electron chi connectivity index (χ4n) is 4.70. The van der Waals surface area contributed by atoms with Crippen molar-refractivity contribution in [1.29, 1.82) is 0 Å². The van der Waals surface area contributed by atoms with Gasteiger partial charge in [0.15, 0.2) is 0 Å². The van der Waals surface area contributed by atoms with Crippen molar-refractivity contribution in [2.45, 2.75) is 77.3 Å². The molecule has 0 radical (unpaired) electrons. The maximum Gasteiger partial charge on any atom is 0.267 e. The maximum absolute atomic E-state index is 12.6. The zero-order chi connectivity index (χ0) is 20.0. The van der Waals surface area contributed by atoms with Crippen molar-refractivity contribution in [2.75, 3.05) is 5.32 Å². The van der Waals surface area contributed by atoms with Crippen LogP contribution in [-0.4, -0.2) is 35.4 Å². The van der Waals surface area contributed by atoms with Crippen LogP contribution in [0.3, 0.4) is 0 Å². The van der Waals surface area contributed by atoms with Crippen molar-refractivity contribution in [2.24, 2.45) is 0 Å². The van der Waals surface area contributed by atoms with Crippen LogP contribution in [0.25, 0.3) is 5.78 Å². The van der Waals surface area contributed by atoms with E-state index in [-0.39, 0.29) is 11.6 Å². The number of aryl methyl sites for hydroxylation is 3. The number of fused-ring (bicyclic) bond motifs is 2. The number of anilines is 1. The van der Waals surface area contributed by atoms with Gasteiger partial charge in [-0.05, 0) is 70.8 Å². The van der Waals surface area contributed by atoms with Gasteiger partial charge in [0.25, 0.3) is 11.3 Å². The summed E-state index contributed by atoms with van der Waals surface area (Å²) < 4.78 is 3.54. The Balaban J connectivity index is 1.32. The highest BCUT2D eigenvalue weighted by Gasteiger charge is 2.26. The van der Waals surface area contributed by atoms with Crippen molar-refractivity contribution in [3.05, 3.63) is 45.3 Å². The molecule has 0 aliphatic heterocycles. The molecule has 5 rings (SSSR count). The summed E-state index contributed by atoms with van der Waals surface area (Å²) in [5.74, 6) is 1.59. The molecule has 1 saturated carbocycles. The van der Waals surface area contributed by atoms with E-state index in [9.17, 15) is 4.79 Å². The number of aromatic nitrogens is 6. The van der Waals surface area contributed by atoms with Crippen LogP contribution in [0.1, 0.15) is 67.1 Å². The Bertz CT molecular complexity index is 1110. The average molecular weight is 393 g/mol. The normalized spacial score (nSPS) is 21.9. The standard InChI is InChI=1S/C21H27N7O/c1-13-14(2)24-21-22-12-23-28(21)20(13)25-16-7-9-17(10-8-16)27-19(29)11-15-5-3-4-6-18(15)26-27/h11-12,16-17,25H,3-10H2,1-2H3. The van der Waals surface area contributed by atoms with Gasteiger partial charge in [0.2, 0.25) is 0 Å². The third-order valence-corrected chi connectivity index (χ3v) is 6.52. The summed E-state index contributed by atoms with van der Waals surface area (Å²) in [4.78, 5) is 21.3. The van der Waals surface area contributed by atoms with Crippen LogP contribution in [-0.2, 0) is 12.8 Å². The molecule has 0 saturated heterocycles. The van der Waals surface area contributed by atoms with E-state index in [1.54, 1.807) is 9.20 Å². The second-order valence-electron chi connectivity index (χ2n) is 8.40. The quantitative estimate of drug-likeness (QED) is 0.736. The Morgan fingerprint density at radius 1 is 1.10 bits per heavy atom. The van der Waals surface area contributed by atoms with Gasteiger partial charge in [-0.1, -0.05) is 0 Å². The lowest BCUT2D eigenvalue weighted by Gasteiger charge is -2.31. The Kier molecular flexibility index (Phi) is 4.56. The molecule has 152 valence electrons. The highest BCUT2D eigenvalue weighted by Crippen LogP contribution is 2.30. The summed E-state index contributed by atoms with van der Waals surface area (Å²) in [6, 6.07) is 2.36. The SMILES string of the molecule is Cc1nc2ncnn2c(NC2CCC(n3nc4c(cc3=O)CCCC4)CC2)c1C. The fourth-order valence-corrected chi connectivity index (χ4v) is 4.70. The molecule has 2 aliphatic rings. The molecule has 0 unspecified atom stereocenters. The Morgan fingerprint density at radius 3 is 2.72 bits per heavy atom. The minimum Gasteiger partial charge on any atom is -0.367 e. The van der Waals surface area contributed by atoms with Crippen molar-refractivity contribution >= 4 is 11.6 Å². The molecule has 2 aliphatic carbocycles. The van der Waals surface area contributed by atoms with Crippen LogP contribution in [0.15, 0.2) is 17.2 Å². The molecule has 1 N–H and O–H groups in total. The van der Waals surface area contributed by atoms with Gasteiger partial charge in [0.05, 0.1) is 11.7 Å². The van der Waals surface area contributed by atoms with Gasteiger partial charge in [-0.3, -0.25) is 4.79 Å². The first kappa shape index (κ1) is 18.3. The molecule has 0 aromatic carbocycles. The predicted octanol–water partition coefficient (Wildman–Crippen LogP) is 2.77. The van der Waals surface area contributed by atoms with Gasteiger partial charge in [0, 0.05) is 23.4 Å². The topological polar surface area (TPSA) is 90.0 Å². The highest BCUT2D eigenvalue weighted by molar-refractivity contribution is 5.52. The molecule has 29 heavy (non-hydrogen) atoms. The van der Waals surface area contributed by atoms with Crippen molar-refractivity contribution in [1.82, 2.24) is 29.4 Å². The van der Waals surface area contributed by atoms with Crippen LogP contribution in [0, 0.1) is 13.8 Å². The monoisotopic (exact) mass is 393 g/mol.